The number of aryl methyl sites for hydroxylation is 2. The second kappa shape index (κ2) is 3.71. The molecule has 1 aliphatic heterocycles. The Morgan fingerprint density at radius 2 is 2.38 bits per heavy atom. The van der Waals surface area contributed by atoms with Gasteiger partial charge < -0.3 is 10.3 Å². The number of nitrogens with zero attached hydrogens (tertiary/aromatic N) is 2. The van der Waals surface area contributed by atoms with Crippen molar-refractivity contribution in [2.24, 2.45) is 5.73 Å². The molecule has 4 heteroatoms. The Hall–Kier alpha value is -1.13. The highest BCUT2D eigenvalue weighted by atomic mass is 32.1. The first-order valence-electron chi connectivity index (χ1n) is 5.64. The third-order valence-electron chi connectivity index (χ3n) is 3.06. The molecular weight excluding hydrogens is 218 g/mol. The van der Waals surface area contributed by atoms with Gasteiger partial charge in [0.1, 0.15) is 5.82 Å². The maximum absolute atomic E-state index is 6.07. The lowest BCUT2D eigenvalue weighted by Gasteiger charge is -2.20. The van der Waals surface area contributed by atoms with E-state index in [0.29, 0.717) is 0 Å². The van der Waals surface area contributed by atoms with Crippen LogP contribution in [-0.4, -0.2) is 9.55 Å². The number of hydrogen-bond acceptors (Lipinski definition) is 3. The number of fused-ring (bicyclic) bond motifs is 1. The van der Waals surface area contributed by atoms with E-state index < -0.39 is 0 Å². The second-order valence-corrected chi connectivity index (χ2v) is 5.61. The lowest BCUT2D eigenvalue weighted by molar-refractivity contribution is 0.408. The average molecular weight is 233 g/mol. The van der Waals surface area contributed by atoms with E-state index in [2.05, 4.69) is 34.8 Å². The first-order chi connectivity index (χ1) is 7.74. The standard InChI is InChI=1S/C12H15N3S/c1-8-5-6-10(16-8)9-7-15-11(13)3-2-4-12(15)14-9/h5-7,11H,2-4,13H2,1H3. The number of rotatable bonds is 1. The molecule has 3 heterocycles. The van der Waals surface area contributed by atoms with E-state index in [9.17, 15) is 0 Å². The highest BCUT2D eigenvalue weighted by molar-refractivity contribution is 7.15. The van der Waals surface area contributed by atoms with E-state index in [1.54, 1.807) is 11.3 Å². The molecular formula is C12H15N3S. The molecule has 1 unspecified atom stereocenters. The van der Waals surface area contributed by atoms with E-state index in [-0.39, 0.29) is 6.17 Å². The average Bonchev–Trinajstić information content (AvgIpc) is 2.84. The van der Waals surface area contributed by atoms with Crippen LogP contribution in [0.15, 0.2) is 18.3 Å². The maximum Gasteiger partial charge on any atom is 0.110 e. The zero-order valence-electron chi connectivity index (χ0n) is 9.31. The van der Waals surface area contributed by atoms with Crippen LogP contribution in [0.5, 0.6) is 0 Å². The number of hydrogen-bond donors (Lipinski definition) is 1. The van der Waals surface area contributed by atoms with Crippen molar-refractivity contribution in [1.82, 2.24) is 9.55 Å². The fraction of sp³-hybridized carbons (Fsp3) is 0.417. The van der Waals surface area contributed by atoms with Gasteiger partial charge in [-0.3, -0.25) is 0 Å². The van der Waals surface area contributed by atoms with E-state index in [4.69, 9.17) is 5.73 Å². The van der Waals surface area contributed by atoms with Gasteiger partial charge in [-0.2, -0.15) is 0 Å². The second-order valence-electron chi connectivity index (χ2n) is 4.32. The van der Waals surface area contributed by atoms with E-state index >= 15 is 0 Å². The number of nitrogens with two attached hydrogens (primary N) is 1. The first kappa shape index (κ1) is 10.1. The lowest BCUT2D eigenvalue weighted by atomic mass is 10.1. The van der Waals surface area contributed by atoms with Crippen LogP contribution < -0.4 is 5.73 Å². The quantitative estimate of drug-likeness (QED) is 0.823. The minimum atomic E-state index is 0.117. The molecule has 0 fully saturated rings. The molecule has 3 rings (SSSR count). The van der Waals surface area contributed by atoms with Gasteiger partial charge in [0.05, 0.1) is 16.7 Å². The smallest absolute Gasteiger partial charge is 0.110 e. The van der Waals surface area contributed by atoms with E-state index in [0.717, 1.165) is 30.8 Å². The Kier molecular flexibility index (Phi) is 2.33. The van der Waals surface area contributed by atoms with Crippen LogP contribution in [-0.2, 0) is 6.42 Å². The zero-order valence-corrected chi connectivity index (χ0v) is 10.1. The molecule has 16 heavy (non-hydrogen) atoms. The van der Waals surface area contributed by atoms with Crippen molar-refractivity contribution in [1.29, 1.82) is 0 Å². The first-order valence-corrected chi connectivity index (χ1v) is 6.46. The van der Waals surface area contributed by atoms with Crippen molar-refractivity contribution in [3.8, 4) is 10.6 Å². The van der Waals surface area contributed by atoms with Crippen LogP contribution in [0.3, 0.4) is 0 Å². The van der Waals surface area contributed by atoms with Gasteiger partial charge in [0.2, 0.25) is 0 Å². The van der Waals surface area contributed by atoms with Crippen LogP contribution in [0.2, 0.25) is 0 Å². The summed E-state index contributed by atoms with van der Waals surface area (Å²) in [5, 5.41) is 0. The number of imidazole rings is 1. The summed E-state index contributed by atoms with van der Waals surface area (Å²) in [6.45, 7) is 2.12. The fourth-order valence-electron chi connectivity index (χ4n) is 2.20. The monoisotopic (exact) mass is 233 g/mol. The molecule has 1 aliphatic rings. The summed E-state index contributed by atoms with van der Waals surface area (Å²) >= 11 is 1.79. The normalized spacial score (nSPS) is 19.8. The molecule has 0 saturated heterocycles. The summed E-state index contributed by atoms with van der Waals surface area (Å²) in [6.07, 6.45) is 5.49. The molecule has 2 aromatic heterocycles. The SMILES string of the molecule is Cc1ccc(-c2cn3c(n2)CCCC3N)s1. The fourth-order valence-corrected chi connectivity index (χ4v) is 3.03. The topological polar surface area (TPSA) is 43.8 Å². The van der Waals surface area contributed by atoms with E-state index in [1.807, 2.05) is 0 Å². The number of thiophene rings is 1. The Balaban J connectivity index is 2.04. The molecule has 0 bridgehead atoms. The highest BCUT2D eigenvalue weighted by Gasteiger charge is 2.19. The summed E-state index contributed by atoms with van der Waals surface area (Å²) < 4.78 is 2.13. The molecule has 3 nitrogen and oxygen atoms in total. The van der Waals surface area contributed by atoms with Gasteiger partial charge in [0.15, 0.2) is 0 Å². The predicted molar refractivity (Wildman–Crippen MR) is 66.4 cm³/mol. The Labute approximate surface area is 98.9 Å². The van der Waals surface area contributed by atoms with Gasteiger partial charge in [-0.1, -0.05) is 0 Å². The summed E-state index contributed by atoms with van der Waals surface area (Å²) in [6, 6.07) is 4.28. The van der Waals surface area contributed by atoms with Crippen LogP contribution in [0.25, 0.3) is 10.6 Å². The molecule has 1 atom stereocenters. The summed E-state index contributed by atoms with van der Waals surface area (Å²) in [5.41, 5.74) is 7.14. The van der Waals surface area contributed by atoms with Crippen molar-refractivity contribution in [3.63, 3.8) is 0 Å². The Morgan fingerprint density at radius 1 is 1.50 bits per heavy atom. The molecule has 84 valence electrons. The van der Waals surface area contributed by atoms with Crippen molar-refractivity contribution in [2.45, 2.75) is 32.4 Å². The van der Waals surface area contributed by atoms with Crippen molar-refractivity contribution >= 4 is 11.3 Å². The van der Waals surface area contributed by atoms with Gasteiger partial charge in [-0.25, -0.2) is 4.98 Å². The van der Waals surface area contributed by atoms with Gasteiger partial charge in [-0.05, 0) is 31.9 Å². The molecule has 2 N–H and O–H groups in total. The van der Waals surface area contributed by atoms with Crippen molar-refractivity contribution in [3.05, 3.63) is 29.0 Å². The van der Waals surface area contributed by atoms with Gasteiger partial charge in [0, 0.05) is 17.5 Å². The summed E-state index contributed by atoms with van der Waals surface area (Å²) in [7, 11) is 0. The molecule has 0 aromatic carbocycles. The molecule has 0 amide bonds. The van der Waals surface area contributed by atoms with Crippen LogP contribution in [0, 0.1) is 6.92 Å². The largest absolute Gasteiger partial charge is 0.318 e. The minimum Gasteiger partial charge on any atom is -0.318 e. The molecule has 2 aromatic rings. The van der Waals surface area contributed by atoms with Gasteiger partial charge in [0.25, 0.3) is 0 Å². The molecule has 0 spiro atoms. The van der Waals surface area contributed by atoms with Crippen LogP contribution in [0.1, 0.15) is 29.7 Å². The Bertz CT molecular complexity index is 512. The maximum atomic E-state index is 6.07. The van der Waals surface area contributed by atoms with E-state index in [1.165, 1.54) is 9.75 Å². The summed E-state index contributed by atoms with van der Waals surface area (Å²) in [5.74, 6) is 1.14. The summed E-state index contributed by atoms with van der Waals surface area (Å²) in [4.78, 5) is 7.24. The predicted octanol–water partition coefficient (Wildman–Crippen LogP) is 2.71. The highest BCUT2D eigenvalue weighted by Crippen LogP contribution is 2.30. The third kappa shape index (κ3) is 1.58. The molecule has 0 radical (unpaired) electrons. The van der Waals surface area contributed by atoms with Gasteiger partial charge in [-0.15, -0.1) is 11.3 Å². The molecule has 0 aliphatic carbocycles. The van der Waals surface area contributed by atoms with Crippen LogP contribution >= 0.6 is 11.3 Å². The molecule has 0 saturated carbocycles. The number of aromatic nitrogens is 2. The van der Waals surface area contributed by atoms with Crippen LogP contribution in [0.4, 0.5) is 0 Å². The zero-order chi connectivity index (χ0) is 11.1. The lowest BCUT2D eigenvalue weighted by Crippen LogP contribution is -2.24. The minimum absolute atomic E-state index is 0.117. The van der Waals surface area contributed by atoms with Crippen molar-refractivity contribution < 1.29 is 0 Å². The van der Waals surface area contributed by atoms with Crippen molar-refractivity contribution in [2.75, 3.05) is 0 Å². The van der Waals surface area contributed by atoms with Gasteiger partial charge >= 0.3 is 0 Å². The third-order valence-corrected chi connectivity index (χ3v) is 4.08. The Morgan fingerprint density at radius 3 is 3.06 bits per heavy atom.